The van der Waals surface area contributed by atoms with Crippen molar-refractivity contribution >= 4 is 57.6 Å². The van der Waals surface area contributed by atoms with E-state index in [9.17, 15) is 22.8 Å². The fourth-order valence-corrected chi connectivity index (χ4v) is 5.08. The summed E-state index contributed by atoms with van der Waals surface area (Å²) in [7, 11) is 1.41. The number of amides is 2. The summed E-state index contributed by atoms with van der Waals surface area (Å²) in [6, 6.07) is 17.1. The van der Waals surface area contributed by atoms with Crippen molar-refractivity contribution in [2.45, 2.75) is 19.5 Å². The van der Waals surface area contributed by atoms with Gasteiger partial charge in [-0.05, 0) is 60.0 Å². The molecule has 0 radical (unpaired) electrons. The second kappa shape index (κ2) is 11.9. The van der Waals surface area contributed by atoms with E-state index in [4.69, 9.17) is 21.7 Å². The zero-order valence-electron chi connectivity index (χ0n) is 20.9. The highest BCUT2D eigenvalue weighted by Gasteiger charge is 2.34. The Kier molecular flexibility index (Phi) is 8.61. The fraction of sp³-hybridized carbons (Fsp3) is 0.179. The summed E-state index contributed by atoms with van der Waals surface area (Å²) in [5.74, 6) is -0.534. The highest BCUT2D eigenvalue weighted by Crippen LogP contribution is 2.38. The molecule has 3 aromatic carbocycles. The van der Waals surface area contributed by atoms with E-state index >= 15 is 0 Å². The number of thiocarbonyl (C=S) groups is 1. The van der Waals surface area contributed by atoms with Crippen molar-refractivity contribution in [3.05, 3.63) is 88.3 Å². The summed E-state index contributed by atoms with van der Waals surface area (Å²) in [5.41, 5.74) is 1.15. The first-order valence-corrected chi connectivity index (χ1v) is 13.0. The van der Waals surface area contributed by atoms with Gasteiger partial charge >= 0.3 is 6.18 Å². The van der Waals surface area contributed by atoms with E-state index in [1.54, 1.807) is 24.3 Å². The SMILES string of the molecule is CCc1ccc(N2C(=O)/C(=C/c3ccc(OCC(=O)Nc4ccccc4C(F)(F)F)c(OC)c3)SC2=S)cc1. The zero-order valence-corrected chi connectivity index (χ0v) is 22.5. The topological polar surface area (TPSA) is 67.9 Å². The van der Waals surface area contributed by atoms with Gasteiger partial charge in [0.2, 0.25) is 0 Å². The van der Waals surface area contributed by atoms with E-state index in [1.165, 1.54) is 42.0 Å². The molecule has 39 heavy (non-hydrogen) atoms. The molecule has 0 unspecified atom stereocenters. The van der Waals surface area contributed by atoms with E-state index in [0.29, 0.717) is 20.5 Å². The number of rotatable bonds is 8. The zero-order chi connectivity index (χ0) is 28.2. The van der Waals surface area contributed by atoms with Crippen molar-refractivity contribution in [1.82, 2.24) is 0 Å². The van der Waals surface area contributed by atoms with Crippen LogP contribution in [0.4, 0.5) is 24.5 Å². The lowest BCUT2D eigenvalue weighted by Crippen LogP contribution is -2.27. The highest BCUT2D eigenvalue weighted by molar-refractivity contribution is 8.27. The van der Waals surface area contributed by atoms with Crippen LogP contribution >= 0.6 is 24.0 Å². The molecule has 0 aromatic heterocycles. The maximum Gasteiger partial charge on any atom is 0.418 e. The number of benzene rings is 3. The fourth-order valence-electron chi connectivity index (χ4n) is 3.78. The Morgan fingerprint density at radius 3 is 2.46 bits per heavy atom. The summed E-state index contributed by atoms with van der Waals surface area (Å²) >= 11 is 6.62. The number of nitrogens with one attached hydrogen (secondary N) is 1. The molecule has 202 valence electrons. The van der Waals surface area contributed by atoms with E-state index in [0.717, 1.165) is 18.1 Å². The van der Waals surface area contributed by atoms with Crippen LogP contribution < -0.4 is 19.7 Å². The second-order valence-electron chi connectivity index (χ2n) is 8.33. The molecule has 1 N–H and O–H groups in total. The molecule has 11 heteroatoms. The van der Waals surface area contributed by atoms with Crippen molar-refractivity contribution in [1.29, 1.82) is 0 Å². The Bertz CT molecular complexity index is 1440. The quantitative estimate of drug-likeness (QED) is 0.239. The second-order valence-corrected chi connectivity index (χ2v) is 10.0. The average Bonchev–Trinajstić information content (AvgIpc) is 3.19. The van der Waals surface area contributed by atoms with Crippen LogP contribution in [0.3, 0.4) is 0 Å². The minimum Gasteiger partial charge on any atom is -0.493 e. The molecule has 0 saturated carbocycles. The van der Waals surface area contributed by atoms with Gasteiger partial charge in [-0.15, -0.1) is 0 Å². The number of methoxy groups -OCH3 is 1. The first-order chi connectivity index (χ1) is 18.6. The van der Waals surface area contributed by atoms with Crippen LogP contribution in [-0.2, 0) is 22.2 Å². The van der Waals surface area contributed by atoms with E-state index in [2.05, 4.69) is 12.2 Å². The Labute approximate surface area is 232 Å². The van der Waals surface area contributed by atoms with Gasteiger partial charge in [0, 0.05) is 0 Å². The third-order valence-electron chi connectivity index (χ3n) is 5.75. The van der Waals surface area contributed by atoms with Crippen LogP contribution in [0, 0.1) is 0 Å². The molecular formula is C28H23F3N2O4S2. The lowest BCUT2D eigenvalue weighted by atomic mass is 10.1. The number of alkyl halides is 3. The van der Waals surface area contributed by atoms with E-state index in [-0.39, 0.29) is 23.1 Å². The number of anilines is 2. The van der Waals surface area contributed by atoms with Crippen molar-refractivity contribution in [2.75, 3.05) is 23.9 Å². The first kappa shape index (κ1) is 28.2. The summed E-state index contributed by atoms with van der Waals surface area (Å²) in [6.45, 7) is 1.51. The molecule has 1 heterocycles. The average molecular weight is 573 g/mol. The summed E-state index contributed by atoms with van der Waals surface area (Å²) in [5, 5.41) is 2.23. The molecule has 6 nitrogen and oxygen atoms in total. The number of hydrogen-bond acceptors (Lipinski definition) is 6. The molecule has 1 fully saturated rings. The largest absolute Gasteiger partial charge is 0.493 e. The van der Waals surface area contributed by atoms with Gasteiger partial charge in [0.1, 0.15) is 0 Å². The third kappa shape index (κ3) is 6.61. The van der Waals surface area contributed by atoms with Gasteiger partial charge in [-0.25, -0.2) is 0 Å². The molecule has 4 rings (SSSR count). The molecule has 2 amide bonds. The van der Waals surface area contributed by atoms with Gasteiger partial charge in [-0.2, -0.15) is 13.2 Å². The maximum atomic E-state index is 13.2. The Morgan fingerprint density at radius 1 is 1.08 bits per heavy atom. The lowest BCUT2D eigenvalue weighted by Gasteiger charge is -2.15. The molecule has 0 aliphatic carbocycles. The molecule has 1 aliphatic heterocycles. The number of aryl methyl sites for hydroxylation is 1. The van der Waals surface area contributed by atoms with Crippen molar-refractivity contribution in [2.24, 2.45) is 0 Å². The minimum absolute atomic E-state index is 0.206. The third-order valence-corrected chi connectivity index (χ3v) is 7.05. The van der Waals surface area contributed by atoms with Crippen LogP contribution in [0.5, 0.6) is 11.5 Å². The van der Waals surface area contributed by atoms with Crippen molar-refractivity contribution < 1.29 is 32.2 Å². The number of halogens is 3. The summed E-state index contributed by atoms with van der Waals surface area (Å²) in [6.07, 6.45) is -2.05. The van der Waals surface area contributed by atoms with E-state index in [1.807, 2.05) is 24.3 Å². The van der Waals surface area contributed by atoms with E-state index < -0.39 is 24.3 Å². The van der Waals surface area contributed by atoms with Gasteiger partial charge < -0.3 is 14.8 Å². The van der Waals surface area contributed by atoms with Gasteiger partial charge in [0.05, 0.1) is 29.0 Å². The Morgan fingerprint density at radius 2 is 1.79 bits per heavy atom. The van der Waals surface area contributed by atoms with Crippen LogP contribution in [0.15, 0.2) is 71.6 Å². The van der Waals surface area contributed by atoms with Crippen LogP contribution in [-0.4, -0.2) is 29.9 Å². The number of nitrogens with zero attached hydrogens (tertiary/aromatic N) is 1. The van der Waals surface area contributed by atoms with Crippen molar-refractivity contribution in [3.8, 4) is 11.5 Å². The number of para-hydroxylation sites is 1. The Hall–Kier alpha value is -3.83. The minimum atomic E-state index is -4.61. The van der Waals surface area contributed by atoms with Gasteiger partial charge in [0.25, 0.3) is 11.8 Å². The smallest absolute Gasteiger partial charge is 0.418 e. The molecule has 1 saturated heterocycles. The molecule has 0 bridgehead atoms. The molecule has 3 aromatic rings. The predicted octanol–water partition coefficient (Wildman–Crippen LogP) is 6.70. The number of carbonyl (C=O) groups is 2. The molecule has 0 spiro atoms. The maximum absolute atomic E-state index is 13.2. The lowest BCUT2D eigenvalue weighted by molar-refractivity contribution is -0.137. The predicted molar refractivity (Wildman–Crippen MR) is 150 cm³/mol. The van der Waals surface area contributed by atoms with Crippen molar-refractivity contribution in [3.63, 3.8) is 0 Å². The highest BCUT2D eigenvalue weighted by atomic mass is 32.2. The van der Waals surface area contributed by atoms with Crippen LogP contribution in [0.1, 0.15) is 23.6 Å². The van der Waals surface area contributed by atoms with Gasteiger partial charge in [-0.1, -0.05) is 61.2 Å². The number of carbonyl (C=O) groups excluding carboxylic acids is 2. The standard InChI is InChI=1S/C28H23F3N2O4S2/c1-3-17-8-11-19(12-9-17)33-26(35)24(39-27(33)38)15-18-10-13-22(23(14-18)36-2)37-16-25(34)32-21-7-5-4-6-20(21)28(29,30)31/h4-15H,3,16H2,1-2H3,(H,32,34)/b24-15-. The van der Waals surface area contributed by atoms with Gasteiger partial charge in [-0.3, -0.25) is 14.5 Å². The molecule has 1 aliphatic rings. The monoisotopic (exact) mass is 572 g/mol. The van der Waals surface area contributed by atoms with Crippen LogP contribution in [0.25, 0.3) is 6.08 Å². The summed E-state index contributed by atoms with van der Waals surface area (Å²) < 4.78 is 50.8. The number of ether oxygens (including phenoxy) is 2. The van der Waals surface area contributed by atoms with Gasteiger partial charge in [0.15, 0.2) is 22.4 Å². The molecular weight excluding hydrogens is 549 g/mol. The van der Waals surface area contributed by atoms with Crippen LogP contribution in [0.2, 0.25) is 0 Å². The Balaban J connectivity index is 1.45. The molecule has 0 atom stereocenters. The normalized spacial score (nSPS) is 14.6. The number of hydrogen-bond donors (Lipinski definition) is 1. The summed E-state index contributed by atoms with van der Waals surface area (Å²) in [4.78, 5) is 27.3. The number of thioether (sulfide) groups is 1. The first-order valence-electron chi connectivity index (χ1n) is 11.7.